The van der Waals surface area contributed by atoms with Crippen LogP contribution in [0.3, 0.4) is 0 Å². The highest BCUT2D eigenvalue weighted by Gasteiger charge is 2.27. The maximum absolute atomic E-state index is 13.8. The minimum Gasteiger partial charge on any atom is -0.454 e. The van der Waals surface area contributed by atoms with Crippen LogP contribution >= 0.6 is 0 Å². The van der Waals surface area contributed by atoms with Crippen LogP contribution in [0, 0.1) is 32.5 Å². The maximum atomic E-state index is 13.8. The van der Waals surface area contributed by atoms with E-state index in [9.17, 15) is 18.8 Å². The van der Waals surface area contributed by atoms with Crippen molar-refractivity contribution in [3.05, 3.63) is 64.5 Å². The summed E-state index contributed by atoms with van der Waals surface area (Å²) in [6.07, 6.45) is 0. The Morgan fingerprint density at radius 2 is 1.63 bits per heavy atom. The molecule has 0 radical (unpaired) electrons. The van der Waals surface area contributed by atoms with Gasteiger partial charge in [0.15, 0.2) is 6.61 Å². The minimum atomic E-state index is -1.02. The van der Waals surface area contributed by atoms with Crippen LogP contribution in [0.4, 0.5) is 10.1 Å². The third-order valence-electron chi connectivity index (χ3n) is 4.61. The van der Waals surface area contributed by atoms with Crippen LogP contribution in [0.5, 0.6) is 0 Å². The molecule has 1 atom stereocenters. The molecule has 0 unspecified atom stereocenters. The van der Waals surface area contributed by atoms with E-state index in [0.29, 0.717) is 5.69 Å². The Labute approximate surface area is 175 Å². The van der Waals surface area contributed by atoms with Gasteiger partial charge in [0.2, 0.25) is 0 Å². The molecule has 0 heterocycles. The van der Waals surface area contributed by atoms with Crippen molar-refractivity contribution in [2.24, 2.45) is 5.92 Å². The summed E-state index contributed by atoms with van der Waals surface area (Å²) in [6.45, 7) is 8.67. The topological polar surface area (TPSA) is 84.5 Å². The van der Waals surface area contributed by atoms with Gasteiger partial charge in [-0.1, -0.05) is 43.7 Å². The summed E-state index contributed by atoms with van der Waals surface area (Å²) in [5.41, 5.74) is 3.41. The fourth-order valence-electron chi connectivity index (χ4n) is 3.14. The van der Waals surface area contributed by atoms with Crippen LogP contribution in [-0.4, -0.2) is 30.4 Å². The second kappa shape index (κ2) is 10.0. The van der Waals surface area contributed by atoms with Gasteiger partial charge in [0.05, 0.1) is 5.56 Å². The molecule has 2 amide bonds. The zero-order chi connectivity index (χ0) is 22.4. The molecular weight excluding hydrogens is 387 g/mol. The summed E-state index contributed by atoms with van der Waals surface area (Å²) < 4.78 is 18.9. The van der Waals surface area contributed by atoms with E-state index in [1.165, 1.54) is 18.2 Å². The van der Waals surface area contributed by atoms with Crippen molar-refractivity contribution in [1.29, 1.82) is 0 Å². The van der Waals surface area contributed by atoms with E-state index in [2.05, 4.69) is 10.6 Å². The predicted octanol–water partition coefficient (Wildman–Crippen LogP) is 3.69. The highest BCUT2D eigenvalue weighted by Crippen LogP contribution is 2.21. The van der Waals surface area contributed by atoms with Crippen LogP contribution in [0.2, 0.25) is 0 Å². The first-order chi connectivity index (χ1) is 14.1. The predicted molar refractivity (Wildman–Crippen MR) is 113 cm³/mol. The third-order valence-corrected chi connectivity index (χ3v) is 4.61. The van der Waals surface area contributed by atoms with Gasteiger partial charge < -0.3 is 15.4 Å². The van der Waals surface area contributed by atoms with Gasteiger partial charge in [-0.15, -0.1) is 0 Å². The van der Waals surface area contributed by atoms with E-state index < -0.39 is 36.2 Å². The molecule has 0 saturated carbocycles. The number of aryl methyl sites for hydroxylation is 3. The summed E-state index contributed by atoms with van der Waals surface area (Å²) >= 11 is 0. The number of rotatable bonds is 7. The number of ether oxygens (including phenoxy) is 1. The molecule has 6 nitrogen and oxygen atoms in total. The first-order valence-corrected chi connectivity index (χ1v) is 9.70. The molecule has 0 spiro atoms. The van der Waals surface area contributed by atoms with Crippen LogP contribution < -0.4 is 10.6 Å². The lowest BCUT2D eigenvalue weighted by atomic mass is 10.0. The van der Waals surface area contributed by atoms with Crippen molar-refractivity contribution >= 4 is 23.5 Å². The summed E-state index contributed by atoms with van der Waals surface area (Å²) in [5.74, 6) is -2.98. The number of esters is 1. The number of halogens is 1. The Morgan fingerprint density at radius 3 is 2.20 bits per heavy atom. The van der Waals surface area contributed by atoms with Crippen molar-refractivity contribution in [1.82, 2.24) is 5.32 Å². The summed E-state index contributed by atoms with van der Waals surface area (Å²) in [7, 11) is 0. The van der Waals surface area contributed by atoms with E-state index in [1.54, 1.807) is 13.8 Å². The summed E-state index contributed by atoms with van der Waals surface area (Å²) in [5, 5.41) is 5.24. The van der Waals surface area contributed by atoms with Crippen LogP contribution in [0.1, 0.15) is 40.9 Å². The average Bonchev–Trinajstić information content (AvgIpc) is 2.66. The Bertz CT molecular complexity index is 933. The Kier molecular flexibility index (Phi) is 7.69. The number of carbonyl (C=O) groups excluding carboxylic acids is 3. The van der Waals surface area contributed by atoms with E-state index in [1.807, 2.05) is 32.9 Å². The third kappa shape index (κ3) is 5.89. The Hall–Kier alpha value is -3.22. The van der Waals surface area contributed by atoms with Crippen molar-refractivity contribution in [2.45, 2.75) is 40.7 Å². The van der Waals surface area contributed by atoms with Crippen molar-refractivity contribution in [2.75, 3.05) is 11.9 Å². The molecule has 7 heteroatoms. The first kappa shape index (κ1) is 23.1. The molecule has 2 aromatic carbocycles. The van der Waals surface area contributed by atoms with E-state index in [-0.39, 0.29) is 11.5 Å². The highest BCUT2D eigenvalue weighted by atomic mass is 19.1. The zero-order valence-electron chi connectivity index (χ0n) is 17.8. The fraction of sp³-hybridized carbons (Fsp3) is 0.348. The van der Waals surface area contributed by atoms with E-state index in [4.69, 9.17) is 4.74 Å². The lowest BCUT2D eigenvalue weighted by Crippen LogP contribution is -2.46. The van der Waals surface area contributed by atoms with Gasteiger partial charge in [-0.05, 0) is 49.9 Å². The van der Waals surface area contributed by atoms with Crippen molar-refractivity contribution < 1.29 is 23.5 Å². The molecule has 0 aromatic heterocycles. The molecule has 0 aliphatic carbocycles. The second-order valence-electron chi connectivity index (χ2n) is 7.60. The number of benzene rings is 2. The summed E-state index contributed by atoms with van der Waals surface area (Å²) in [4.78, 5) is 37.1. The molecule has 0 saturated heterocycles. The SMILES string of the molecule is Cc1cc(C)c(NC(=O)COC(=O)[C@@H](NC(=O)c2ccccc2F)C(C)C)c(C)c1. The van der Waals surface area contributed by atoms with Crippen LogP contribution in [0.25, 0.3) is 0 Å². The molecule has 2 aromatic rings. The summed E-state index contributed by atoms with van der Waals surface area (Å²) in [6, 6.07) is 8.36. The van der Waals surface area contributed by atoms with Gasteiger partial charge >= 0.3 is 5.97 Å². The van der Waals surface area contributed by atoms with Gasteiger partial charge in [0.1, 0.15) is 11.9 Å². The number of anilines is 1. The standard InChI is InChI=1S/C23H27FN2O4/c1-13(2)20(26-22(28)17-8-6-7-9-18(17)24)23(29)30-12-19(27)25-21-15(4)10-14(3)11-16(21)5/h6-11,13,20H,12H2,1-5H3,(H,25,27)(H,26,28)/t20-/m0/s1. The molecule has 0 fully saturated rings. The smallest absolute Gasteiger partial charge is 0.329 e. The first-order valence-electron chi connectivity index (χ1n) is 9.70. The molecule has 0 aliphatic rings. The van der Waals surface area contributed by atoms with Crippen LogP contribution in [-0.2, 0) is 14.3 Å². The molecule has 2 N–H and O–H groups in total. The fourth-order valence-corrected chi connectivity index (χ4v) is 3.14. The maximum Gasteiger partial charge on any atom is 0.329 e. The molecule has 160 valence electrons. The number of hydrogen-bond acceptors (Lipinski definition) is 4. The zero-order valence-corrected chi connectivity index (χ0v) is 17.8. The van der Waals surface area contributed by atoms with Gasteiger partial charge in [0.25, 0.3) is 11.8 Å². The molecular formula is C23H27FN2O4. The number of amides is 2. The van der Waals surface area contributed by atoms with Crippen LogP contribution in [0.15, 0.2) is 36.4 Å². The quantitative estimate of drug-likeness (QED) is 0.677. The highest BCUT2D eigenvalue weighted by molar-refractivity contribution is 5.98. The lowest BCUT2D eigenvalue weighted by molar-refractivity contribution is -0.150. The van der Waals surface area contributed by atoms with Gasteiger partial charge in [-0.3, -0.25) is 9.59 Å². The second-order valence-corrected chi connectivity index (χ2v) is 7.60. The number of hydrogen-bond donors (Lipinski definition) is 2. The molecule has 2 rings (SSSR count). The Morgan fingerprint density at radius 1 is 1.03 bits per heavy atom. The Balaban J connectivity index is 1.99. The normalized spacial score (nSPS) is 11.7. The average molecular weight is 414 g/mol. The van der Waals surface area contributed by atoms with Gasteiger partial charge in [-0.2, -0.15) is 0 Å². The molecule has 0 bridgehead atoms. The lowest BCUT2D eigenvalue weighted by Gasteiger charge is -2.21. The van der Waals surface area contributed by atoms with E-state index in [0.717, 1.165) is 22.8 Å². The van der Waals surface area contributed by atoms with E-state index >= 15 is 0 Å². The van der Waals surface area contributed by atoms with Crippen molar-refractivity contribution in [3.8, 4) is 0 Å². The largest absolute Gasteiger partial charge is 0.454 e. The van der Waals surface area contributed by atoms with Crippen molar-refractivity contribution in [3.63, 3.8) is 0 Å². The van der Waals surface area contributed by atoms with Gasteiger partial charge in [0, 0.05) is 5.69 Å². The minimum absolute atomic E-state index is 0.168. The monoisotopic (exact) mass is 414 g/mol. The molecule has 0 aliphatic heterocycles. The van der Waals surface area contributed by atoms with Gasteiger partial charge in [-0.25, -0.2) is 9.18 Å². The number of carbonyl (C=O) groups is 3. The molecule has 30 heavy (non-hydrogen) atoms. The number of nitrogens with one attached hydrogen (secondary N) is 2.